The molecule has 1 nitrogen and oxygen atoms in total. The largest absolute Gasteiger partial charge is 0.256 e. The zero-order valence-electron chi connectivity index (χ0n) is 11.8. The van der Waals surface area contributed by atoms with Gasteiger partial charge in [-0.1, -0.05) is 49.4 Å². The Morgan fingerprint density at radius 1 is 0.857 bits per heavy atom. The number of aromatic nitrogens is 1. The number of nitrogens with zero attached hydrogens (tertiary/aromatic N) is 1. The molecule has 0 saturated heterocycles. The van der Waals surface area contributed by atoms with Gasteiger partial charge in [0.1, 0.15) is 5.82 Å². The molecule has 1 unspecified atom stereocenters. The topological polar surface area (TPSA) is 12.9 Å². The minimum atomic E-state index is -0.203. The Balaban J connectivity index is 1.94. The van der Waals surface area contributed by atoms with Gasteiger partial charge in [-0.25, -0.2) is 4.39 Å². The Hall–Kier alpha value is -2.48. The van der Waals surface area contributed by atoms with Gasteiger partial charge in [-0.05, 0) is 35.4 Å². The van der Waals surface area contributed by atoms with E-state index in [2.05, 4.69) is 30.1 Å². The summed E-state index contributed by atoms with van der Waals surface area (Å²) in [5.74, 6) is 0.00159. The van der Waals surface area contributed by atoms with Crippen LogP contribution in [-0.2, 0) is 0 Å². The Morgan fingerprint density at radius 2 is 1.57 bits per heavy atom. The van der Waals surface area contributed by atoms with Crippen LogP contribution >= 0.6 is 0 Å². The molecule has 1 atom stereocenters. The predicted molar refractivity (Wildman–Crippen MR) is 83.6 cm³/mol. The fourth-order valence-corrected chi connectivity index (χ4v) is 2.43. The molecule has 2 aromatic carbocycles. The summed E-state index contributed by atoms with van der Waals surface area (Å²) in [6.07, 6.45) is 1.83. The molecule has 0 N–H and O–H groups in total. The average molecular weight is 277 g/mol. The van der Waals surface area contributed by atoms with Gasteiger partial charge in [0.2, 0.25) is 0 Å². The van der Waals surface area contributed by atoms with Crippen LogP contribution < -0.4 is 0 Å². The van der Waals surface area contributed by atoms with Crippen molar-refractivity contribution in [2.75, 3.05) is 0 Å². The summed E-state index contributed by atoms with van der Waals surface area (Å²) in [4.78, 5) is 4.44. The number of rotatable bonds is 3. The Labute approximate surface area is 124 Å². The highest BCUT2D eigenvalue weighted by Crippen LogP contribution is 2.27. The van der Waals surface area contributed by atoms with Crippen molar-refractivity contribution in [1.82, 2.24) is 4.98 Å². The minimum Gasteiger partial charge on any atom is -0.256 e. The molecule has 0 aliphatic carbocycles. The fourth-order valence-electron chi connectivity index (χ4n) is 2.43. The third kappa shape index (κ3) is 3.00. The molecule has 0 saturated carbocycles. The van der Waals surface area contributed by atoms with Crippen LogP contribution in [0.4, 0.5) is 4.39 Å². The molecule has 2 heteroatoms. The molecule has 0 bridgehead atoms. The Bertz CT molecular complexity index is 720. The summed E-state index contributed by atoms with van der Waals surface area (Å²) >= 11 is 0. The lowest BCUT2D eigenvalue weighted by atomic mass is 9.93. The van der Waals surface area contributed by atoms with Crippen molar-refractivity contribution >= 4 is 0 Å². The quantitative estimate of drug-likeness (QED) is 0.653. The van der Waals surface area contributed by atoms with Crippen molar-refractivity contribution in [3.8, 4) is 11.3 Å². The molecular formula is C19H16FN. The van der Waals surface area contributed by atoms with Crippen LogP contribution in [-0.4, -0.2) is 4.98 Å². The number of pyridine rings is 1. The summed E-state index contributed by atoms with van der Waals surface area (Å²) in [6.45, 7) is 2.12. The zero-order chi connectivity index (χ0) is 14.7. The van der Waals surface area contributed by atoms with E-state index in [-0.39, 0.29) is 11.7 Å². The molecule has 0 aliphatic heterocycles. The highest BCUT2D eigenvalue weighted by atomic mass is 19.1. The van der Waals surface area contributed by atoms with Gasteiger partial charge in [-0.2, -0.15) is 0 Å². The lowest BCUT2D eigenvalue weighted by Gasteiger charge is -2.13. The van der Waals surface area contributed by atoms with Gasteiger partial charge in [0.05, 0.1) is 5.69 Å². The Kier molecular flexibility index (Phi) is 3.78. The van der Waals surface area contributed by atoms with Gasteiger partial charge in [-0.15, -0.1) is 0 Å². The number of halogens is 1. The van der Waals surface area contributed by atoms with Gasteiger partial charge < -0.3 is 0 Å². The second kappa shape index (κ2) is 5.88. The highest BCUT2D eigenvalue weighted by Gasteiger charge is 2.10. The molecule has 0 fully saturated rings. The lowest BCUT2D eigenvalue weighted by molar-refractivity contribution is 0.626. The minimum absolute atomic E-state index is 0.203. The Morgan fingerprint density at radius 3 is 2.29 bits per heavy atom. The molecule has 3 rings (SSSR count). The monoisotopic (exact) mass is 277 g/mol. The van der Waals surface area contributed by atoms with E-state index in [1.165, 1.54) is 17.7 Å². The van der Waals surface area contributed by atoms with Crippen molar-refractivity contribution in [2.24, 2.45) is 0 Å². The number of hydrogen-bond acceptors (Lipinski definition) is 1. The molecule has 3 aromatic rings. The smallest absolute Gasteiger partial charge is 0.123 e. The van der Waals surface area contributed by atoms with Gasteiger partial charge in [0.25, 0.3) is 0 Å². The van der Waals surface area contributed by atoms with Gasteiger partial charge in [0.15, 0.2) is 0 Å². The average Bonchev–Trinajstić information content (AvgIpc) is 2.56. The fraction of sp³-hybridized carbons (Fsp3) is 0.105. The maximum absolute atomic E-state index is 13.0. The number of hydrogen-bond donors (Lipinski definition) is 0. The maximum Gasteiger partial charge on any atom is 0.123 e. The van der Waals surface area contributed by atoms with Crippen LogP contribution in [0.5, 0.6) is 0 Å². The van der Waals surface area contributed by atoms with E-state index in [0.29, 0.717) is 0 Å². The van der Waals surface area contributed by atoms with E-state index in [1.54, 1.807) is 0 Å². The van der Waals surface area contributed by atoms with Crippen molar-refractivity contribution in [1.29, 1.82) is 0 Å². The summed E-state index contributed by atoms with van der Waals surface area (Å²) in [5, 5.41) is 0. The van der Waals surface area contributed by atoms with Crippen LogP contribution in [0.1, 0.15) is 24.0 Å². The third-order valence-electron chi connectivity index (χ3n) is 3.72. The first-order valence-electron chi connectivity index (χ1n) is 7.01. The summed E-state index contributed by atoms with van der Waals surface area (Å²) in [7, 11) is 0. The second-order valence-corrected chi connectivity index (χ2v) is 5.11. The third-order valence-corrected chi connectivity index (χ3v) is 3.72. The first-order chi connectivity index (χ1) is 10.2. The predicted octanol–water partition coefficient (Wildman–Crippen LogP) is 5.04. The van der Waals surface area contributed by atoms with Gasteiger partial charge >= 0.3 is 0 Å². The van der Waals surface area contributed by atoms with Crippen molar-refractivity contribution in [3.05, 3.63) is 89.9 Å². The molecule has 0 amide bonds. The summed E-state index contributed by atoms with van der Waals surface area (Å²) in [5.41, 5.74) is 4.34. The molecule has 0 aliphatic rings. The second-order valence-electron chi connectivity index (χ2n) is 5.11. The molecular weight excluding hydrogens is 261 g/mol. The van der Waals surface area contributed by atoms with E-state index in [9.17, 15) is 4.39 Å². The van der Waals surface area contributed by atoms with Crippen LogP contribution in [0, 0.1) is 5.82 Å². The van der Waals surface area contributed by atoms with E-state index in [0.717, 1.165) is 16.8 Å². The van der Waals surface area contributed by atoms with Gasteiger partial charge in [0, 0.05) is 17.7 Å². The number of benzene rings is 2. The van der Waals surface area contributed by atoms with E-state index in [4.69, 9.17) is 0 Å². The maximum atomic E-state index is 13.0. The first-order valence-corrected chi connectivity index (χ1v) is 7.01. The van der Waals surface area contributed by atoms with Crippen LogP contribution in [0.3, 0.4) is 0 Å². The van der Waals surface area contributed by atoms with Gasteiger partial charge in [-0.3, -0.25) is 4.98 Å². The molecule has 1 aromatic heterocycles. The summed E-state index contributed by atoms with van der Waals surface area (Å²) < 4.78 is 13.0. The van der Waals surface area contributed by atoms with E-state index < -0.39 is 0 Å². The van der Waals surface area contributed by atoms with E-state index in [1.807, 2.05) is 42.6 Å². The highest BCUT2D eigenvalue weighted by molar-refractivity contribution is 5.59. The van der Waals surface area contributed by atoms with E-state index >= 15 is 0 Å². The molecule has 0 spiro atoms. The molecule has 104 valence electrons. The molecule has 0 radical (unpaired) electrons. The summed E-state index contributed by atoms with van der Waals surface area (Å²) in [6, 6.07) is 20.9. The van der Waals surface area contributed by atoms with Crippen LogP contribution in [0.15, 0.2) is 72.9 Å². The zero-order valence-corrected chi connectivity index (χ0v) is 11.8. The van der Waals surface area contributed by atoms with Crippen molar-refractivity contribution < 1.29 is 4.39 Å². The lowest BCUT2D eigenvalue weighted by Crippen LogP contribution is -1.97. The normalized spacial score (nSPS) is 12.1. The van der Waals surface area contributed by atoms with Crippen LogP contribution in [0.25, 0.3) is 11.3 Å². The SMILES string of the molecule is CC(c1ccc(F)cc1)c1ccnc(-c2ccccc2)c1. The standard InChI is InChI=1S/C19H16FN/c1-14(15-7-9-18(20)10-8-15)17-11-12-21-19(13-17)16-5-3-2-4-6-16/h2-14H,1H3. The van der Waals surface area contributed by atoms with Crippen molar-refractivity contribution in [2.45, 2.75) is 12.8 Å². The molecule has 1 heterocycles. The first kappa shape index (κ1) is 13.5. The van der Waals surface area contributed by atoms with Crippen LogP contribution in [0.2, 0.25) is 0 Å². The van der Waals surface area contributed by atoms with Crippen molar-refractivity contribution in [3.63, 3.8) is 0 Å². The molecule has 21 heavy (non-hydrogen) atoms.